The highest BCUT2D eigenvalue weighted by Crippen LogP contribution is 2.13. The maximum atomic E-state index is 5.80. The number of piperidine rings is 1. The van der Waals surface area contributed by atoms with Gasteiger partial charge in [-0.05, 0) is 47.2 Å². The van der Waals surface area contributed by atoms with Crippen molar-refractivity contribution < 1.29 is 13.3 Å². The van der Waals surface area contributed by atoms with E-state index in [9.17, 15) is 0 Å². The van der Waals surface area contributed by atoms with Gasteiger partial charge in [-0.1, -0.05) is 0 Å². The molecule has 5 nitrogen and oxygen atoms in total. The quantitative estimate of drug-likeness (QED) is 0.638. The number of hydrogen-bond acceptors (Lipinski definition) is 5. The second kappa shape index (κ2) is 8.81. The molecule has 1 rings (SSSR count). The third kappa shape index (κ3) is 5.70. The first kappa shape index (κ1) is 16.8. The summed E-state index contributed by atoms with van der Waals surface area (Å²) in [4.78, 5) is 7.02. The van der Waals surface area contributed by atoms with Crippen LogP contribution < -0.4 is 0 Å². The lowest BCUT2D eigenvalue weighted by Gasteiger charge is -2.28. The zero-order valence-corrected chi connectivity index (χ0v) is 13.8. The van der Waals surface area contributed by atoms with Crippen molar-refractivity contribution in [1.82, 2.24) is 4.90 Å². The Labute approximate surface area is 118 Å². The second-order valence-electron chi connectivity index (χ2n) is 4.71. The topological polar surface area (TPSA) is 43.3 Å². The van der Waals surface area contributed by atoms with Gasteiger partial charge in [-0.15, -0.1) is 0 Å². The van der Waals surface area contributed by atoms with Crippen LogP contribution in [-0.2, 0) is 13.3 Å². The molecule has 1 aliphatic heterocycles. The van der Waals surface area contributed by atoms with E-state index >= 15 is 0 Å². The summed E-state index contributed by atoms with van der Waals surface area (Å²) in [6, 6.07) is 0. The van der Waals surface area contributed by atoms with Gasteiger partial charge in [0, 0.05) is 32.1 Å². The van der Waals surface area contributed by atoms with E-state index in [1.807, 2.05) is 20.8 Å². The molecule has 1 heterocycles. The van der Waals surface area contributed by atoms with Crippen LogP contribution in [0.5, 0.6) is 0 Å². The molecule has 19 heavy (non-hydrogen) atoms. The van der Waals surface area contributed by atoms with Crippen LogP contribution in [0.25, 0.3) is 0 Å². The largest absolute Gasteiger partial charge is 0.523 e. The molecule has 6 heteroatoms. The summed E-state index contributed by atoms with van der Waals surface area (Å²) in [6.45, 7) is 9.85. The summed E-state index contributed by atoms with van der Waals surface area (Å²) < 4.78 is 17.4. The lowest BCUT2D eigenvalue weighted by atomic mass is 10.1. The van der Waals surface area contributed by atoms with Gasteiger partial charge in [0.05, 0.1) is 0 Å². The SMILES string of the molecule is CCO[Si](CN=C1CCCN(C)C1)(OCC)OCC. The molecule has 1 fully saturated rings. The molecule has 0 N–H and O–H groups in total. The van der Waals surface area contributed by atoms with Crippen LogP contribution in [-0.4, -0.2) is 65.5 Å². The third-order valence-corrected chi connectivity index (χ3v) is 5.78. The molecule has 1 saturated heterocycles. The van der Waals surface area contributed by atoms with Gasteiger partial charge < -0.3 is 18.2 Å². The average molecular weight is 288 g/mol. The van der Waals surface area contributed by atoms with Crippen LogP contribution >= 0.6 is 0 Å². The maximum absolute atomic E-state index is 5.80. The molecule has 1 aliphatic rings. The molecular formula is C13H28N2O3Si. The van der Waals surface area contributed by atoms with Gasteiger partial charge in [0.2, 0.25) is 0 Å². The fourth-order valence-corrected chi connectivity index (χ4v) is 4.54. The predicted octanol–water partition coefficient (Wildman–Crippen LogP) is 1.74. The highest BCUT2D eigenvalue weighted by Gasteiger charge is 2.40. The number of likely N-dealkylation sites (tertiary alicyclic amines) is 1. The minimum absolute atomic E-state index is 0.547. The Morgan fingerprint density at radius 3 is 2.16 bits per heavy atom. The number of aliphatic imine (C=N–C) groups is 1. The standard InChI is InChI=1S/C13H28N2O3Si/c1-5-16-19(17-6-2,18-7-3)12-14-13-9-8-10-15(4)11-13/h5-12H2,1-4H3. The maximum Gasteiger partial charge on any atom is 0.523 e. The summed E-state index contributed by atoms with van der Waals surface area (Å²) >= 11 is 0. The minimum atomic E-state index is -2.61. The summed E-state index contributed by atoms with van der Waals surface area (Å²) in [6.07, 6.45) is 2.81. The van der Waals surface area contributed by atoms with E-state index in [2.05, 4.69) is 11.9 Å². The summed E-state index contributed by atoms with van der Waals surface area (Å²) in [7, 11) is -0.476. The third-order valence-electron chi connectivity index (χ3n) is 3.05. The van der Waals surface area contributed by atoms with E-state index in [-0.39, 0.29) is 0 Å². The first-order chi connectivity index (χ1) is 9.15. The Balaban J connectivity index is 2.66. The van der Waals surface area contributed by atoms with Gasteiger partial charge in [-0.25, -0.2) is 0 Å². The van der Waals surface area contributed by atoms with Crippen molar-refractivity contribution in [3.8, 4) is 0 Å². The molecule has 0 atom stereocenters. The number of hydrogen-bond donors (Lipinski definition) is 0. The van der Waals surface area contributed by atoms with E-state index in [0.717, 1.165) is 19.5 Å². The normalized spacial score (nSPS) is 20.1. The first-order valence-electron chi connectivity index (χ1n) is 7.28. The Bertz CT molecular complexity index is 270. The molecule has 0 aliphatic carbocycles. The Morgan fingerprint density at radius 2 is 1.68 bits per heavy atom. The number of nitrogens with zero attached hydrogens (tertiary/aromatic N) is 2. The molecule has 0 unspecified atom stereocenters. The molecule has 0 amide bonds. The Morgan fingerprint density at radius 1 is 1.11 bits per heavy atom. The van der Waals surface area contributed by atoms with Crippen molar-refractivity contribution >= 4 is 14.5 Å². The van der Waals surface area contributed by atoms with Crippen molar-refractivity contribution in [1.29, 1.82) is 0 Å². The summed E-state index contributed by atoms with van der Waals surface area (Å²) in [5.41, 5.74) is 1.24. The molecule has 112 valence electrons. The molecule has 0 aromatic carbocycles. The molecule has 0 aromatic heterocycles. The van der Waals surface area contributed by atoms with Crippen molar-refractivity contribution in [3.05, 3.63) is 0 Å². The Hall–Kier alpha value is -0.273. The van der Waals surface area contributed by atoms with Crippen LogP contribution in [0, 0.1) is 0 Å². The fourth-order valence-electron chi connectivity index (χ4n) is 2.28. The van der Waals surface area contributed by atoms with Crippen LogP contribution in [0.3, 0.4) is 0 Å². The highest BCUT2D eigenvalue weighted by atomic mass is 28.4. The summed E-state index contributed by atoms with van der Waals surface area (Å²) in [5.74, 6) is 0. The smallest absolute Gasteiger partial charge is 0.373 e. The second-order valence-corrected chi connectivity index (χ2v) is 7.25. The van der Waals surface area contributed by atoms with E-state index in [1.54, 1.807) is 0 Å². The molecule has 0 spiro atoms. The van der Waals surface area contributed by atoms with Gasteiger partial charge in [-0.2, -0.15) is 0 Å². The van der Waals surface area contributed by atoms with Crippen LogP contribution in [0.1, 0.15) is 33.6 Å². The molecular weight excluding hydrogens is 260 g/mol. The van der Waals surface area contributed by atoms with Gasteiger partial charge in [0.1, 0.15) is 6.17 Å². The number of rotatable bonds is 8. The van der Waals surface area contributed by atoms with Crippen LogP contribution in [0.2, 0.25) is 0 Å². The molecule has 0 saturated carbocycles. The Kier molecular flexibility index (Phi) is 7.78. The van der Waals surface area contributed by atoms with E-state index < -0.39 is 8.80 Å². The lowest BCUT2D eigenvalue weighted by Crippen LogP contribution is -2.50. The van der Waals surface area contributed by atoms with E-state index in [1.165, 1.54) is 12.1 Å². The van der Waals surface area contributed by atoms with Crippen molar-refractivity contribution in [2.45, 2.75) is 33.6 Å². The average Bonchev–Trinajstić information content (AvgIpc) is 2.38. The van der Waals surface area contributed by atoms with Crippen LogP contribution in [0.4, 0.5) is 0 Å². The van der Waals surface area contributed by atoms with Gasteiger partial charge >= 0.3 is 8.80 Å². The van der Waals surface area contributed by atoms with Crippen molar-refractivity contribution in [3.63, 3.8) is 0 Å². The fraction of sp³-hybridized carbons (Fsp3) is 0.923. The molecule has 0 aromatic rings. The predicted molar refractivity (Wildman–Crippen MR) is 79.7 cm³/mol. The van der Waals surface area contributed by atoms with Gasteiger partial charge in [-0.3, -0.25) is 4.99 Å². The van der Waals surface area contributed by atoms with Crippen molar-refractivity contribution in [2.75, 3.05) is 46.1 Å². The van der Waals surface area contributed by atoms with Crippen LogP contribution in [0.15, 0.2) is 4.99 Å². The zero-order chi connectivity index (χ0) is 14.1. The first-order valence-corrected chi connectivity index (χ1v) is 9.21. The zero-order valence-electron chi connectivity index (χ0n) is 12.8. The summed E-state index contributed by atoms with van der Waals surface area (Å²) in [5, 5.41) is 0. The van der Waals surface area contributed by atoms with E-state index in [0.29, 0.717) is 26.0 Å². The van der Waals surface area contributed by atoms with Crippen molar-refractivity contribution in [2.24, 2.45) is 4.99 Å². The van der Waals surface area contributed by atoms with Gasteiger partial charge in [0.25, 0.3) is 0 Å². The molecule has 0 bridgehead atoms. The highest BCUT2D eigenvalue weighted by molar-refractivity contribution is 6.61. The molecule has 0 radical (unpaired) electrons. The lowest BCUT2D eigenvalue weighted by molar-refractivity contribution is 0.0729. The van der Waals surface area contributed by atoms with Gasteiger partial charge in [0.15, 0.2) is 0 Å². The van der Waals surface area contributed by atoms with E-state index in [4.69, 9.17) is 18.3 Å². The minimum Gasteiger partial charge on any atom is -0.373 e. The monoisotopic (exact) mass is 288 g/mol.